The maximum Gasteiger partial charge on any atom is 0.319 e. The van der Waals surface area contributed by atoms with Crippen molar-refractivity contribution in [2.24, 2.45) is 5.92 Å². The number of benzene rings is 1. The van der Waals surface area contributed by atoms with Crippen molar-refractivity contribution in [2.75, 3.05) is 39.8 Å². The van der Waals surface area contributed by atoms with Crippen molar-refractivity contribution >= 4 is 11.9 Å². The highest BCUT2D eigenvalue weighted by Crippen LogP contribution is 2.23. The van der Waals surface area contributed by atoms with Crippen LogP contribution in [0.2, 0.25) is 0 Å². The van der Waals surface area contributed by atoms with Gasteiger partial charge in [0, 0.05) is 45.2 Å². The predicted molar refractivity (Wildman–Crippen MR) is 105 cm³/mol. The Bertz CT molecular complexity index is 633. The standard InChI is InChI=1S/C21H31N3O3/c1-3-22(16-17-6-8-19(27-2)9-7-17)20(25)18-10-14-24(15-11-18)21(26)23-12-4-5-13-23/h6-9,18H,3-5,10-16H2,1-2H3. The van der Waals surface area contributed by atoms with Crippen molar-refractivity contribution in [3.63, 3.8) is 0 Å². The van der Waals surface area contributed by atoms with Gasteiger partial charge in [-0.05, 0) is 50.3 Å². The van der Waals surface area contributed by atoms with Crippen LogP contribution in [0.1, 0.15) is 38.2 Å². The molecular weight excluding hydrogens is 342 g/mol. The highest BCUT2D eigenvalue weighted by Gasteiger charge is 2.32. The van der Waals surface area contributed by atoms with Crippen LogP contribution >= 0.6 is 0 Å². The molecular formula is C21H31N3O3. The minimum Gasteiger partial charge on any atom is -0.497 e. The van der Waals surface area contributed by atoms with E-state index in [0.717, 1.165) is 50.1 Å². The molecule has 2 aliphatic rings. The molecule has 1 aromatic rings. The number of carbonyl (C=O) groups excluding carboxylic acids is 2. The lowest BCUT2D eigenvalue weighted by Gasteiger charge is -2.35. The average molecular weight is 373 g/mol. The van der Waals surface area contributed by atoms with Crippen LogP contribution in [-0.4, -0.2) is 66.5 Å². The van der Waals surface area contributed by atoms with Crippen LogP contribution in [0.15, 0.2) is 24.3 Å². The number of nitrogens with zero attached hydrogens (tertiary/aromatic N) is 3. The van der Waals surface area contributed by atoms with Gasteiger partial charge in [0.1, 0.15) is 5.75 Å². The Hall–Kier alpha value is -2.24. The molecule has 0 unspecified atom stereocenters. The van der Waals surface area contributed by atoms with Crippen molar-refractivity contribution in [1.82, 2.24) is 14.7 Å². The number of hydrogen-bond acceptors (Lipinski definition) is 3. The Labute approximate surface area is 162 Å². The first-order chi connectivity index (χ1) is 13.1. The minimum atomic E-state index is 0.0193. The Kier molecular flexibility index (Phi) is 6.58. The molecule has 6 nitrogen and oxygen atoms in total. The lowest BCUT2D eigenvalue weighted by atomic mass is 9.95. The number of piperidine rings is 1. The zero-order valence-electron chi connectivity index (χ0n) is 16.5. The third-order valence-corrected chi connectivity index (χ3v) is 5.72. The number of likely N-dealkylation sites (tertiary alicyclic amines) is 2. The smallest absolute Gasteiger partial charge is 0.319 e. The molecule has 0 N–H and O–H groups in total. The van der Waals surface area contributed by atoms with E-state index in [2.05, 4.69) is 0 Å². The number of ether oxygens (including phenoxy) is 1. The number of hydrogen-bond donors (Lipinski definition) is 0. The molecule has 0 saturated carbocycles. The first-order valence-electron chi connectivity index (χ1n) is 10.1. The molecule has 2 fully saturated rings. The first-order valence-corrected chi connectivity index (χ1v) is 10.1. The molecule has 3 rings (SSSR count). The van der Waals surface area contributed by atoms with Gasteiger partial charge in [-0.1, -0.05) is 12.1 Å². The van der Waals surface area contributed by atoms with Gasteiger partial charge in [0.25, 0.3) is 0 Å². The molecule has 2 aliphatic heterocycles. The summed E-state index contributed by atoms with van der Waals surface area (Å²) in [6.45, 7) is 6.46. The summed E-state index contributed by atoms with van der Waals surface area (Å²) in [5.41, 5.74) is 1.10. The molecule has 0 bridgehead atoms. The van der Waals surface area contributed by atoms with E-state index in [4.69, 9.17) is 4.74 Å². The Morgan fingerprint density at radius 1 is 1.04 bits per heavy atom. The summed E-state index contributed by atoms with van der Waals surface area (Å²) >= 11 is 0. The first kappa shape index (κ1) is 19.5. The largest absolute Gasteiger partial charge is 0.497 e. The third kappa shape index (κ3) is 4.73. The molecule has 1 aromatic carbocycles. The zero-order valence-corrected chi connectivity index (χ0v) is 16.5. The van der Waals surface area contributed by atoms with Gasteiger partial charge in [-0.15, -0.1) is 0 Å². The maximum atomic E-state index is 13.0. The van der Waals surface area contributed by atoms with Gasteiger partial charge in [0.05, 0.1) is 7.11 Å². The molecule has 0 radical (unpaired) electrons. The van der Waals surface area contributed by atoms with Gasteiger partial charge in [-0.3, -0.25) is 4.79 Å². The number of rotatable bonds is 5. The van der Waals surface area contributed by atoms with Crippen molar-refractivity contribution in [3.05, 3.63) is 29.8 Å². The number of methoxy groups -OCH3 is 1. The fourth-order valence-electron chi connectivity index (χ4n) is 3.98. The van der Waals surface area contributed by atoms with Crippen molar-refractivity contribution in [2.45, 2.75) is 39.2 Å². The van der Waals surface area contributed by atoms with Crippen LogP contribution in [0.3, 0.4) is 0 Å². The summed E-state index contributed by atoms with van der Waals surface area (Å²) in [5.74, 6) is 1.05. The highest BCUT2D eigenvalue weighted by molar-refractivity contribution is 5.80. The van der Waals surface area contributed by atoms with Gasteiger partial charge in [0.2, 0.25) is 5.91 Å². The summed E-state index contributed by atoms with van der Waals surface area (Å²) in [5, 5.41) is 0. The molecule has 0 aromatic heterocycles. The second kappa shape index (κ2) is 9.11. The van der Waals surface area contributed by atoms with Crippen LogP contribution < -0.4 is 4.74 Å². The Morgan fingerprint density at radius 2 is 1.63 bits per heavy atom. The average Bonchev–Trinajstić information content (AvgIpc) is 3.26. The van der Waals surface area contributed by atoms with Crippen LogP contribution in [-0.2, 0) is 11.3 Å². The third-order valence-electron chi connectivity index (χ3n) is 5.72. The normalized spacial score (nSPS) is 17.9. The minimum absolute atomic E-state index is 0.0193. The van der Waals surface area contributed by atoms with Gasteiger partial charge < -0.3 is 19.4 Å². The highest BCUT2D eigenvalue weighted by atomic mass is 16.5. The second-order valence-corrected chi connectivity index (χ2v) is 7.44. The topological polar surface area (TPSA) is 53.1 Å². The monoisotopic (exact) mass is 373 g/mol. The molecule has 2 heterocycles. The second-order valence-electron chi connectivity index (χ2n) is 7.44. The van der Waals surface area contributed by atoms with Gasteiger partial charge in [-0.2, -0.15) is 0 Å². The van der Waals surface area contributed by atoms with E-state index in [9.17, 15) is 9.59 Å². The van der Waals surface area contributed by atoms with Crippen LogP contribution in [0.5, 0.6) is 5.75 Å². The van der Waals surface area contributed by atoms with Crippen LogP contribution in [0.25, 0.3) is 0 Å². The maximum absolute atomic E-state index is 13.0. The molecule has 0 atom stereocenters. The van der Waals surface area contributed by atoms with E-state index in [1.165, 1.54) is 0 Å². The van der Waals surface area contributed by atoms with Gasteiger partial charge in [-0.25, -0.2) is 4.79 Å². The molecule has 27 heavy (non-hydrogen) atoms. The molecule has 3 amide bonds. The van der Waals surface area contributed by atoms with E-state index in [1.807, 2.05) is 45.9 Å². The fourth-order valence-corrected chi connectivity index (χ4v) is 3.98. The van der Waals surface area contributed by atoms with E-state index >= 15 is 0 Å². The van der Waals surface area contributed by atoms with Gasteiger partial charge >= 0.3 is 6.03 Å². The molecule has 0 aliphatic carbocycles. The predicted octanol–water partition coefficient (Wildman–Crippen LogP) is 2.97. The van der Waals surface area contributed by atoms with E-state index in [-0.39, 0.29) is 17.9 Å². The van der Waals surface area contributed by atoms with E-state index < -0.39 is 0 Å². The number of urea groups is 1. The van der Waals surface area contributed by atoms with Crippen LogP contribution in [0.4, 0.5) is 4.79 Å². The Balaban J connectivity index is 1.52. The lowest BCUT2D eigenvalue weighted by molar-refractivity contribution is -0.137. The van der Waals surface area contributed by atoms with E-state index in [1.54, 1.807) is 7.11 Å². The molecule has 2 saturated heterocycles. The zero-order chi connectivity index (χ0) is 19.2. The Morgan fingerprint density at radius 3 is 2.19 bits per heavy atom. The number of amides is 3. The number of carbonyl (C=O) groups is 2. The molecule has 148 valence electrons. The van der Waals surface area contributed by atoms with Crippen molar-refractivity contribution < 1.29 is 14.3 Å². The molecule has 6 heteroatoms. The fraction of sp³-hybridized carbons (Fsp3) is 0.619. The van der Waals surface area contributed by atoms with Crippen molar-refractivity contribution in [3.8, 4) is 5.75 Å². The molecule has 0 spiro atoms. The summed E-state index contributed by atoms with van der Waals surface area (Å²) < 4.78 is 5.19. The van der Waals surface area contributed by atoms with E-state index in [0.29, 0.717) is 26.2 Å². The summed E-state index contributed by atoms with van der Waals surface area (Å²) in [6, 6.07) is 8.02. The quantitative estimate of drug-likeness (QED) is 0.797. The SMILES string of the molecule is CCN(Cc1ccc(OC)cc1)C(=O)C1CCN(C(=O)N2CCCC2)CC1. The van der Waals surface area contributed by atoms with Gasteiger partial charge in [0.15, 0.2) is 0 Å². The van der Waals surface area contributed by atoms with Crippen LogP contribution in [0, 0.1) is 5.92 Å². The summed E-state index contributed by atoms with van der Waals surface area (Å²) in [4.78, 5) is 31.3. The summed E-state index contributed by atoms with van der Waals surface area (Å²) in [7, 11) is 1.65. The van der Waals surface area contributed by atoms with Crippen molar-refractivity contribution in [1.29, 1.82) is 0 Å². The lowest BCUT2D eigenvalue weighted by Crippen LogP contribution is -2.48. The summed E-state index contributed by atoms with van der Waals surface area (Å²) in [6.07, 6.45) is 3.74.